The number of carbonyl (C=O) groups is 1. The quantitative estimate of drug-likeness (QED) is 0.578. The van der Waals surface area contributed by atoms with E-state index in [1.807, 2.05) is 24.0 Å². The molecule has 0 aromatic heterocycles. The normalized spacial score (nSPS) is 18.5. The number of anilines is 1. The second kappa shape index (κ2) is 9.01. The van der Waals surface area contributed by atoms with Crippen molar-refractivity contribution in [3.05, 3.63) is 29.3 Å². The Kier molecular flexibility index (Phi) is 6.71. The van der Waals surface area contributed by atoms with Gasteiger partial charge in [-0.25, -0.2) is 0 Å². The first-order valence-electron chi connectivity index (χ1n) is 10.4. The Morgan fingerprint density at radius 3 is 2.35 bits per heavy atom. The third-order valence-electron chi connectivity index (χ3n) is 5.46. The lowest BCUT2D eigenvalue weighted by molar-refractivity contribution is -0.256. The van der Waals surface area contributed by atoms with Gasteiger partial charge >= 0.3 is 0 Å². The minimum absolute atomic E-state index is 0.0410. The molecule has 1 aromatic carbocycles. The van der Waals surface area contributed by atoms with Crippen LogP contribution in [-0.4, -0.2) is 25.7 Å². The summed E-state index contributed by atoms with van der Waals surface area (Å²) in [7, 11) is 0. The van der Waals surface area contributed by atoms with E-state index < -0.39 is 5.79 Å². The Labute approximate surface area is 157 Å². The smallest absolute Gasteiger partial charge is 0.292 e. The summed E-state index contributed by atoms with van der Waals surface area (Å²) in [5.41, 5.74) is 2.98. The van der Waals surface area contributed by atoms with Crippen molar-refractivity contribution in [3.8, 4) is 0 Å². The summed E-state index contributed by atoms with van der Waals surface area (Å²) in [6.07, 6.45) is 10.9. The summed E-state index contributed by atoms with van der Waals surface area (Å²) >= 11 is 0. The monoisotopic (exact) mass is 359 g/mol. The van der Waals surface area contributed by atoms with Gasteiger partial charge in [-0.2, -0.15) is 0 Å². The maximum atomic E-state index is 13.2. The largest absolute Gasteiger partial charge is 0.338 e. The number of rotatable bonds is 9. The van der Waals surface area contributed by atoms with E-state index in [1.54, 1.807) is 0 Å². The number of hydrogen-bond donors (Lipinski definition) is 0. The van der Waals surface area contributed by atoms with Crippen LogP contribution in [0.15, 0.2) is 18.2 Å². The Hall–Kier alpha value is -1.39. The highest BCUT2D eigenvalue weighted by Gasteiger charge is 2.54. The van der Waals surface area contributed by atoms with E-state index in [0.29, 0.717) is 13.2 Å². The molecule has 2 aliphatic heterocycles. The zero-order valence-corrected chi connectivity index (χ0v) is 16.4. The molecule has 1 saturated heterocycles. The molecule has 3 rings (SSSR count). The molecule has 4 heteroatoms. The molecule has 2 aliphatic rings. The van der Waals surface area contributed by atoms with E-state index in [-0.39, 0.29) is 5.91 Å². The third-order valence-corrected chi connectivity index (χ3v) is 5.46. The molecule has 1 spiro atoms. The maximum Gasteiger partial charge on any atom is 0.292 e. The Balaban J connectivity index is 1.59. The van der Waals surface area contributed by atoms with Crippen LogP contribution in [-0.2, 0) is 20.1 Å². The van der Waals surface area contributed by atoms with Gasteiger partial charge in [-0.15, -0.1) is 0 Å². The molecule has 0 atom stereocenters. The summed E-state index contributed by atoms with van der Waals surface area (Å²) in [5.74, 6) is -1.24. The number of nitrogens with zero attached hydrogens (tertiary/aromatic N) is 1. The molecule has 1 fully saturated rings. The molecule has 144 valence electrons. The van der Waals surface area contributed by atoms with E-state index in [0.717, 1.165) is 36.2 Å². The third kappa shape index (κ3) is 3.96. The molecule has 0 saturated carbocycles. The SMILES string of the molecule is CCCCCCCCCCN1C(=O)C2(OCCCO2)c2cc(C)ccc21. The van der Waals surface area contributed by atoms with E-state index in [4.69, 9.17) is 9.47 Å². The van der Waals surface area contributed by atoms with Gasteiger partial charge in [0.2, 0.25) is 0 Å². The summed E-state index contributed by atoms with van der Waals surface area (Å²) in [6, 6.07) is 6.16. The van der Waals surface area contributed by atoms with Crippen molar-refractivity contribution in [3.63, 3.8) is 0 Å². The predicted molar refractivity (Wildman–Crippen MR) is 104 cm³/mol. The van der Waals surface area contributed by atoms with Gasteiger partial charge in [0.25, 0.3) is 11.7 Å². The molecule has 2 heterocycles. The molecule has 0 radical (unpaired) electrons. The van der Waals surface area contributed by atoms with Crippen LogP contribution in [0, 0.1) is 6.92 Å². The number of amides is 1. The minimum atomic E-state index is -1.19. The Morgan fingerprint density at radius 1 is 1.00 bits per heavy atom. The van der Waals surface area contributed by atoms with Gasteiger partial charge in [0.15, 0.2) is 0 Å². The first-order chi connectivity index (χ1) is 12.7. The highest BCUT2D eigenvalue weighted by Crippen LogP contribution is 2.45. The maximum absolute atomic E-state index is 13.2. The summed E-state index contributed by atoms with van der Waals surface area (Å²) < 4.78 is 11.8. The van der Waals surface area contributed by atoms with Crippen LogP contribution in [0.1, 0.15) is 75.8 Å². The van der Waals surface area contributed by atoms with Crippen LogP contribution in [0.25, 0.3) is 0 Å². The van der Waals surface area contributed by atoms with Crippen LogP contribution in [0.2, 0.25) is 0 Å². The fraction of sp³-hybridized carbons (Fsp3) is 0.682. The standard InChI is InChI=1S/C22H33NO3/c1-3-4-5-6-7-8-9-10-14-23-20-13-12-18(2)17-19(20)22(21(23)24)25-15-11-16-26-22/h12-13,17H,3-11,14-16H2,1-2H3. The van der Waals surface area contributed by atoms with Crippen molar-refractivity contribution >= 4 is 11.6 Å². The van der Waals surface area contributed by atoms with Gasteiger partial charge in [-0.05, 0) is 31.9 Å². The molecular formula is C22H33NO3. The molecule has 0 aliphatic carbocycles. The Morgan fingerprint density at radius 2 is 1.65 bits per heavy atom. The summed E-state index contributed by atoms with van der Waals surface area (Å²) in [5, 5.41) is 0. The minimum Gasteiger partial charge on any atom is -0.338 e. The van der Waals surface area contributed by atoms with Crippen molar-refractivity contribution in [2.45, 2.75) is 77.4 Å². The first-order valence-corrected chi connectivity index (χ1v) is 10.4. The lowest BCUT2D eigenvalue weighted by Crippen LogP contribution is -2.47. The molecule has 0 bridgehead atoms. The van der Waals surface area contributed by atoms with Crippen LogP contribution < -0.4 is 4.90 Å². The van der Waals surface area contributed by atoms with Crippen molar-refractivity contribution in [1.82, 2.24) is 0 Å². The number of hydrogen-bond acceptors (Lipinski definition) is 3. The lowest BCUT2D eigenvalue weighted by atomic mass is 10.0. The number of unbranched alkanes of at least 4 members (excludes halogenated alkanes) is 7. The zero-order valence-electron chi connectivity index (χ0n) is 16.4. The fourth-order valence-electron chi connectivity index (χ4n) is 3.99. The molecule has 1 amide bonds. The van der Waals surface area contributed by atoms with Gasteiger partial charge < -0.3 is 14.4 Å². The molecule has 1 aromatic rings. The summed E-state index contributed by atoms with van der Waals surface area (Å²) in [4.78, 5) is 15.1. The van der Waals surface area contributed by atoms with Crippen LogP contribution >= 0.6 is 0 Å². The highest BCUT2D eigenvalue weighted by molar-refractivity contribution is 6.06. The van der Waals surface area contributed by atoms with E-state index in [9.17, 15) is 4.79 Å². The van der Waals surface area contributed by atoms with Gasteiger partial charge in [-0.3, -0.25) is 4.79 Å². The predicted octanol–water partition coefficient (Wildman–Crippen LogP) is 5.07. The van der Waals surface area contributed by atoms with Gasteiger partial charge in [0.05, 0.1) is 18.9 Å². The Bertz CT molecular complexity index is 607. The zero-order chi connectivity index (χ0) is 18.4. The van der Waals surface area contributed by atoms with Crippen molar-refractivity contribution in [1.29, 1.82) is 0 Å². The molecule has 26 heavy (non-hydrogen) atoms. The van der Waals surface area contributed by atoms with E-state index >= 15 is 0 Å². The fourth-order valence-corrected chi connectivity index (χ4v) is 3.99. The lowest BCUT2D eigenvalue weighted by Gasteiger charge is -2.32. The molecule has 4 nitrogen and oxygen atoms in total. The van der Waals surface area contributed by atoms with E-state index in [1.165, 1.54) is 44.9 Å². The highest BCUT2D eigenvalue weighted by atomic mass is 16.7. The summed E-state index contributed by atoms with van der Waals surface area (Å²) in [6.45, 7) is 6.19. The molecule has 0 N–H and O–H groups in total. The average Bonchev–Trinajstić information content (AvgIpc) is 2.87. The number of aryl methyl sites for hydroxylation is 1. The number of carbonyl (C=O) groups excluding carboxylic acids is 1. The second-order valence-corrected chi connectivity index (χ2v) is 7.62. The van der Waals surface area contributed by atoms with E-state index in [2.05, 4.69) is 13.0 Å². The van der Waals surface area contributed by atoms with Crippen LogP contribution in [0.5, 0.6) is 0 Å². The van der Waals surface area contributed by atoms with Gasteiger partial charge in [-0.1, -0.05) is 63.5 Å². The van der Waals surface area contributed by atoms with Crippen molar-refractivity contribution in [2.24, 2.45) is 0 Å². The van der Waals surface area contributed by atoms with Crippen molar-refractivity contribution in [2.75, 3.05) is 24.7 Å². The average molecular weight is 360 g/mol. The number of fused-ring (bicyclic) bond motifs is 2. The number of benzene rings is 1. The molecule has 0 unspecified atom stereocenters. The van der Waals surface area contributed by atoms with Crippen molar-refractivity contribution < 1.29 is 14.3 Å². The number of ether oxygens (including phenoxy) is 2. The first kappa shape index (κ1) is 19.4. The van der Waals surface area contributed by atoms with Crippen LogP contribution in [0.4, 0.5) is 5.69 Å². The topological polar surface area (TPSA) is 38.8 Å². The van der Waals surface area contributed by atoms with Gasteiger partial charge in [0.1, 0.15) is 0 Å². The second-order valence-electron chi connectivity index (χ2n) is 7.62. The molecular weight excluding hydrogens is 326 g/mol. The van der Waals surface area contributed by atoms with Gasteiger partial charge in [0, 0.05) is 12.1 Å². The van der Waals surface area contributed by atoms with Crippen LogP contribution in [0.3, 0.4) is 0 Å².